The van der Waals surface area contributed by atoms with Crippen molar-refractivity contribution >= 4 is 17.3 Å². The van der Waals surface area contributed by atoms with Gasteiger partial charge in [0, 0.05) is 24.8 Å². The number of piperidine rings is 1. The third kappa shape index (κ3) is 4.52. The SMILES string of the molecule is COc1cc(N2CCC(C(O)Cn3nc(C(F)(F)F)nc3C)CC2)ccc1Cl. The van der Waals surface area contributed by atoms with Gasteiger partial charge in [-0.3, -0.25) is 0 Å². The number of hydrogen-bond donors (Lipinski definition) is 1. The molecule has 1 aliphatic rings. The summed E-state index contributed by atoms with van der Waals surface area (Å²) in [6, 6.07) is 5.57. The molecule has 0 radical (unpaired) electrons. The number of aromatic nitrogens is 3. The monoisotopic (exact) mass is 418 g/mol. The quantitative estimate of drug-likeness (QED) is 0.804. The van der Waals surface area contributed by atoms with Crippen LogP contribution in [-0.2, 0) is 12.7 Å². The molecule has 2 heterocycles. The zero-order valence-corrected chi connectivity index (χ0v) is 16.3. The van der Waals surface area contributed by atoms with Crippen LogP contribution in [0.1, 0.15) is 24.5 Å². The van der Waals surface area contributed by atoms with Crippen LogP contribution in [0, 0.1) is 12.8 Å². The number of halogens is 4. The summed E-state index contributed by atoms with van der Waals surface area (Å²) < 4.78 is 44.6. The molecule has 1 unspecified atom stereocenters. The third-order valence-electron chi connectivity index (χ3n) is 5.05. The largest absolute Gasteiger partial charge is 0.495 e. The Kier molecular flexibility index (Phi) is 6.04. The van der Waals surface area contributed by atoms with E-state index >= 15 is 0 Å². The summed E-state index contributed by atoms with van der Waals surface area (Å²) in [7, 11) is 1.56. The van der Waals surface area contributed by atoms with E-state index in [4.69, 9.17) is 16.3 Å². The molecular weight excluding hydrogens is 397 g/mol. The van der Waals surface area contributed by atoms with Gasteiger partial charge in [0.1, 0.15) is 11.6 Å². The molecule has 1 N–H and O–H groups in total. The number of aliphatic hydroxyl groups excluding tert-OH is 1. The van der Waals surface area contributed by atoms with Crippen molar-refractivity contribution in [3.8, 4) is 5.75 Å². The maximum atomic E-state index is 12.7. The van der Waals surface area contributed by atoms with Crippen molar-refractivity contribution in [2.75, 3.05) is 25.1 Å². The van der Waals surface area contributed by atoms with E-state index in [0.717, 1.165) is 23.5 Å². The van der Waals surface area contributed by atoms with Crippen molar-refractivity contribution in [3.05, 3.63) is 34.9 Å². The molecule has 28 heavy (non-hydrogen) atoms. The molecule has 0 saturated carbocycles. The van der Waals surface area contributed by atoms with Crippen molar-refractivity contribution in [1.29, 1.82) is 0 Å². The van der Waals surface area contributed by atoms with Gasteiger partial charge in [0.2, 0.25) is 0 Å². The Balaban J connectivity index is 1.60. The van der Waals surface area contributed by atoms with Crippen LogP contribution in [0.5, 0.6) is 5.75 Å². The molecular formula is C18H22ClF3N4O2. The Hall–Kier alpha value is -2.00. The molecule has 2 aromatic rings. The number of benzene rings is 1. The average Bonchev–Trinajstić information content (AvgIpc) is 3.03. The molecule has 0 spiro atoms. The summed E-state index contributed by atoms with van der Waals surface area (Å²) >= 11 is 6.06. The van der Waals surface area contributed by atoms with Gasteiger partial charge in [0.05, 0.1) is 24.8 Å². The summed E-state index contributed by atoms with van der Waals surface area (Å²) in [5.74, 6) is -0.465. The van der Waals surface area contributed by atoms with Crippen LogP contribution < -0.4 is 9.64 Å². The number of nitrogens with zero attached hydrogens (tertiary/aromatic N) is 4. The number of alkyl halides is 3. The highest BCUT2D eigenvalue weighted by molar-refractivity contribution is 6.32. The fraction of sp³-hybridized carbons (Fsp3) is 0.556. The van der Waals surface area contributed by atoms with E-state index in [9.17, 15) is 18.3 Å². The van der Waals surface area contributed by atoms with Crippen LogP contribution in [0.2, 0.25) is 5.02 Å². The van der Waals surface area contributed by atoms with E-state index < -0.39 is 18.1 Å². The molecule has 1 aliphatic heterocycles. The maximum Gasteiger partial charge on any atom is 0.453 e. The van der Waals surface area contributed by atoms with Crippen LogP contribution in [0.4, 0.5) is 18.9 Å². The van der Waals surface area contributed by atoms with Crippen molar-refractivity contribution in [2.24, 2.45) is 5.92 Å². The van der Waals surface area contributed by atoms with E-state index in [1.54, 1.807) is 13.2 Å². The number of aliphatic hydroxyl groups is 1. The Morgan fingerprint density at radius 2 is 2.00 bits per heavy atom. The minimum atomic E-state index is -4.59. The summed E-state index contributed by atoms with van der Waals surface area (Å²) in [6.45, 7) is 2.88. The lowest BCUT2D eigenvalue weighted by molar-refractivity contribution is -0.145. The molecule has 1 fully saturated rings. The first-order valence-corrected chi connectivity index (χ1v) is 9.32. The number of rotatable bonds is 5. The molecule has 1 saturated heterocycles. The van der Waals surface area contributed by atoms with E-state index in [1.165, 1.54) is 6.92 Å². The standard InChI is InChI=1S/C18H22ClF3N4O2/c1-11-23-17(18(20,21)22)24-26(11)10-15(27)12-5-7-25(8-6-12)13-3-4-14(19)16(9-13)28-2/h3-4,9,12,15,27H,5-8,10H2,1-2H3. The Morgan fingerprint density at radius 3 is 2.57 bits per heavy atom. The highest BCUT2D eigenvalue weighted by atomic mass is 35.5. The summed E-state index contributed by atoms with van der Waals surface area (Å²) in [5, 5.41) is 14.5. The Bertz CT molecular complexity index is 820. The molecule has 3 rings (SSSR count). The number of methoxy groups -OCH3 is 1. The van der Waals surface area contributed by atoms with Crippen LogP contribution >= 0.6 is 11.6 Å². The first-order chi connectivity index (χ1) is 13.2. The van der Waals surface area contributed by atoms with Crippen LogP contribution in [0.15, 0.2) is 18.2 Å². The van der Waals surface area contributed by atoms with E-state index in [1.807, 2.05) is 12.1 Å². The van der Waals surface area contributed by atoms with Crippen molar-refractivity contribution in [1.82, 2.24) is 14.8 Å². The van der Waals surface area contributed by atoms with Gasteiger partial charge < -0.3 is 14.7 Å². The van der Waals surface area contributed by atoms with Crippen LogP contribution in [-0.4, -0.2) is 46.2 Å². The predicted octanol–water partition coefficient (Wildman–Crippen LogP) is 3.54. The molecule has 0 amide bonds. The van der Waals surface area contributed by atoms with Crippen molar-refractivity contribution < 1.29 is 23.0 Å². The molecule has 1 atom stereocenters. The minimum absolute atomic E-state index is 0.00561. The lowest BCUT2D eigenvalue weighted by Gasteiger charge is -2.35. The summed E-state index contributed by atoms with van der Waals surface area (Å²) in [4.78, 5) is 5.61. The fourth-order valence-corrected chi connectivity index (χ4v) is 3.62. The molecule has 6 nitrogen and oxygen atoms in total. The zero-order valence-electron chi connectivity index (χ0n) is 15.6. The Labute approximate surface area is 165 Å². The fourth-order valence-electron chi connectivity index (χ4n) is 3.43. The van der Waals surface area contributed by atoms with Crippen LogP contribution in [0.3, 0.4) is 0 Å². The topological polar surface area (TPSA) is 63.4 Å². The number of anilines is 1. The minimum Gasteiger partial charge on any atom is -0.495 e. The first kappa shape index (κ1) is 20.7. The summed E-state index contributed by atoms with van der Waals surface area (Å²) in [6.07, 6.45) is -3.95. The second-order valence-electron chi connectivity index (χ2n) is 6.87. The number of aryl methyl sites for hydroxylation is 1. The van der Waals surface area contributed by atoms with Gasteiger partial charge in [-0.1, -0.05) is 11.6 Å². The van der Waals surface area contributed by atoms with Gasteiger partial charge in [-0.25, -0.2) is 9.67 Å². The Morgan fingerprint density at radius 1 is 1.32 bits per heavy atom. The number of ether oxygens (including phenoxy) is 1. The second-order valence-corrected chi connectivity index (χ2v) is 7.28. The lowest BCUT2D eigenvalue weighted by atomic mass is 9.91. The first-order valence-electron chi connectivity index (χ1n) is 8.94. The molecule has 10 heteroatoms. The molecule has 1 aromatic carbocycles. The molecule has 0 bridgehead atoms. The molecule has 1 aromatic heterocycles. The van der Waals surface area contributed by atoms with Crippen LogP contribution in [0.25, 0.3) is 0 Å². The highest BCUT2D eigenvalue weighted by Gasteiger charge is 2.37. The van der Waals surface area contributed by atoms with Gasteiger partial charge in [-0.15, -0.1) is 5.10 Å². The number of hydrogen-bond acceptors (Lipinski definition) is 5. The maximum absolute atomic E-state index is 12.7. The van der Waals surface area contributed by atoms with Gasteiger partial charge in [0.15, 0.2) is 0 Å². The highest BCUT2D eigenvalue weighted by Crippen LogP contribution is 2.32. The molecule has 154 valence electrons. The van der Waals surface area contributed by atoms with E-state index in [0.29, 0.717) is 23.6 Å². The second kappa shape index (κ2) is 8.16. The average molecular weight is 419 g/mol. The van der Waals surface area contributed by atoms with E-state index in [2.05, 4.69) is 15.0 Å². The predicted molar refractivity (Wildman–Crippen MR) is 98.7 cm³/mol. The van der Waals surface area contributed by atoms with Gasteiger partial charge in [0.25, 0.3) is 5.82 Å². The van der Waals surface area contributed by atoms with Gasteiger partial charge in [-0.2, -0.15) is 13.2 Å². The van der Waals surface area contributed by atoms with E-state index in [-0.39, 0.29) is 18.3 Å². The normalized spacial score (nSPS) is 17.0. The van der Waals surface area contributed by atoms with Crippen molar-refractivity contribution in [2.45, 2.75) is 38.6 Å². The summed E-state index contributed by atoms with van der Waals surface area (Å²) in [5.41, 5.74) is 0.983. The van der Waals surface area contributed by atoms with Gasteiger partial charge in [-0.05, 0) is 37.8 Å². The molecule has 0 aliphatic carbocycles. The lowest BCUT2D eigenvalue weighted by Crippen LogP contribution is -2.39. The van der Waals surface area contributed by atoms with Crippen molar-refractivity contribution in [3.63, 3.8) is 0 Å². The zero-order chi connectivity index (χ0) is 20.5. The van der Waals surface area contributed by atoms with Gasteiger partial charge >= 0.3 is 6.18 Å². The third-order valence-corrected chi connectivity index (χ3v) is 5.37. The smallest absolute Gasteiger partial charge is 0.453 e.